The van der Waals surface area contributed by atoms with Gasteiger partial charge in [-0.2, -0.15) is 0 Å². The number of hydrogen-bond acceptors (Lipinski definition) is 1. The highest BCUT2D eigenvalue weighted by Gasteiger charge is 1.50. The fourth-order valence-electron chi connectivity index (χ4n) is 0. The third kappa shape index (κ3) is 110. The molecule has 0 aromatic carbocycles. The van der Waals surface area contributed by atoms with Gasteiger partial charge in [0.15, 0.2) is 0 Å². The van der Waals surface area contributed by atoms with Gasteiger partial charge in [0.1, 0.15) is 0 Å². The van der Waals surface area contributed by atoms with E-state index in [0.717, 1.165) is 0 Å². The van der Waals surface area contributed by atoms with E-state index in [4.69, 9.17) is 5.73 Å². The molecule has 0 aliphatic heterocycles. The third-order valence-electron chi connectivity index (χ3n) is 0. The largest absolute Gasteiger partial charge is 0.403 e. The molecule has 0 heterocycles. The Balaban J connectivity index is 0. The SMILES string of the molecule is C=C(C)N.C=CC. The van der Waals surface area contributed by atoms with Gasteiger partial charge in [-0.3, -0.25) is 0 Å². The molecule has 0 saturated heterocycles. The maximum absolute atomic E-state index is 4.92. The van der Waals surface area contributed by atoms with Gasteiger partial charge in [-0.05, 0) is 19.5 Å². The molecular weight excluding hydrogens is 86.1 g/mol. The quantitative estimate of drug-likeness (QED) is 0.459. The van der Waals surface area contributed by atoms with E-state index >= 15 is 0 Å². The van der Waals surface area contributed by atoms with Gasteiger partial charge in [0.2, 0.25) is 0 Å². The van der Waals surface area contributed by atoms with Gasteiger partial charge in [-0.1, -0.05) is 12.7 Å². The zero-order valence-corrected chi connectivity index (χ0v) is 5.07. The molecule has 1 heteroatoms. The fraction of sp³-hybridized carbons (Fsp3) is 0.333. The van der Waals surface area contributed by atoms with Gasteiger partial charge in [0, 0.05) is 0 Å². The second-order valence-electron chi connectivity index (χ2n) is 1.25. The van der Waals surface area contributed by atoms with Crippen molar-refractivity contribution in [3.05, 3.63) is 24.9 Å². The van der Waals surface area contributed by atoms with Crippen LogP contribution in [0.4, 0.5) is 0 Å². The first-order valence-electron chi connectivity index (χ1n) is 2.13. The summed E-state index contributed by atoms with van der Waals surface area (Å²) in [6.45, 7) is 10.3. The van der Waals surface area contributed by atoms with E-state index in [0.29, 0.717) is 5.70 Å². The molecular formula is C6H13N. The van der Waals surface area contributed by atoms with E-state index in [1.165, 1.54) is 0 Å². The first kappa shape index (κ1) is 9.56. The third-order valence-corrected chi connectivity index (χ3v) is 0. The van der Waals surface area contributed by atoms with Crippen LogP contribution in [0.5, 0.6) is 0 Å². The van der Waals surface area contributed by atoms with Crippen molar-refractivity contribution in [2.24, 2.45) is 5.73 Å². The summed E-state index contributed by atoms with van der Waals surface area (Å²) in [6, 6.07) is 0. The number of allylic oxidation sites excluding steroid dienone is 2. The van der Waals surface area contributed by atoms with Crippen LogP contribution in [0.15, 0.2) is 24.9 Å². The average molecular weight is 99.2 g/mol. The lowest BCUT2D eigenvalue weighted by atomic mass is 10.6. The summed E-state index contributed by atoms with van der Waals surface area (Å²) in [7, 11) is 0. The molecule has 42 valence electrons. The molecule has 1 nitrogen and oxygen atoms in total. The van der Waals surface area contributed by atoms with Crippen molar-refractivity contribution in [3.8, 4) is 0 Å². The molecule has 0 spiro atoms. The highest BCUT2D eigenvalue weighted by molar-refractivity contribution is 4.76. The summed E-state index contributed by atoms with van der Waals surface area (Å²) in [5.74, 6) is 0. The topological polar surface area (TPSA) is 26.0 Å². The predicted molar refractivity (Wildman–Crippen MR) is 34.9 cm³/mol. The summed E-state index contributed by atoms with van der Waals surface area (Å²) >= 11 is 0. The standard InChI is InChI=1S/C3H7N.C3H6/c1-3(2)4;1-3-2/h1,4H2,2H3;3H,1H2,2H3. The Labute approximate surface area is 45.5 Å². The Morgan fingerprint density at radius 3 is 1.71 bits per heavy atom. The Morgan fingerprint density at radius 2 is 1.71 bits per heavy atom. The molecule has 7 heavy (non-hydrogen) atoms. The molecule has 0 bridgehead atoms. The molecule has 0 fully saturated rings. The first-order chi connectivity index (χ1) is 3.15. The minimum Gasteiger partial charge on any atom is -0.403 e. The maximum atomic E-state index is 4.92. The maximum Gasteiger partial charge on any atom is -0.00242 e. The molecule has 0 radical (unpaired) electrons. The number of hydrogen-bond donors (Lipinski definition) is 1. The van der Waals surface area contributed by atoms with Crippen LogP contribution in [0.3, 0.4) is 0 Å². The van der Waals surface area contributed by atoms with E-state index in [9.17, 15) is 0 Å². The highest BCUT2D eigenvalue weighted by atomic mass is 14.5. The van der Waals surface area contributed by atoms with E-state index in [1.54, 1.807) is 13.0 Å². The second kappa shape index (κ2) is 8.99. The number of nitrogens with two attached hydrogens (primary N) is 1. The van der Waals surface area contributed by atoms with E-state index in [-0.39, 0.29) is 0 Å². The van der Waals surface area contributed by atoms with Crippen LogP contribution in [0, 0.1) is 0 Å². The predicted octanol–water partition coefficient (Wildman–Crippen LogP) is 1.67. The fourth-order valence-corrected chi connectivity index (χ4v) is 0. The van der Waals surface area contributed by atoms with E-state index in [1.807, 2.05) is 6.92 Å². The molecule has 2 N–H and O–H groups in total. The van der Waals surface area contributed by atoms with Crippen LogP contribution in [-0.4, -0.2) is 0 Å². The van der Waals surface area contributed by atoms with Gasteiger partial charge in [0.25, 0.3) is 0 Å². The van der Waals surface area contributed by atoms with Crippen molar-refractivity contribution in [1.29, 1.82) is 0 Å². The molecule has 0 atom stereocenters. The Bertz CT molecular complexity index is 51.2. The van der Waals surface area contributed by atoms with Crippen molar-refractivity contribution in [2.75, 3.05) is 0 Å². The normalized spacial score (nSPS) is 5.43. The Kier molecular flexibility index (Phi) is 12.3. The summed E-state index contributed by atoms with van der Waals surface area (Å²) in [4.78, 5) is 0. The molecule has 0 aromatic rings. The molecule has 0 unspecified atom stereocenters. The molecule has 0 aliphatic carbocycles. The van der Waals surface area contributed by atoms with Crippen LogP contribution >= 0.6 is 0 Å². The minimum atomic E-state index is 0.667. The number of rotatable bonds is 0. The van der Waals surface area contributed by atoms with Gasteiger partial charge in [-0.25, -0.2) is 0 Å². The second-order valence-corrected chi connectivity index (χ2v) is 1.25. The van der Waals surface area contributed by atoms with Crippen molar-refractivity contribution in [2.45, 2.75) is 13.8 Å². The van der Waals surface area contributed by atoms with Crippen LogP contribution in [0.25, 0.3) is 0 Å². The average Bonchev–Trinajstić information content (AvgIpc) is 1.33. The lowest BCUT2D eigenvalue weighted by Crippen LogP contribution is -1.83. The molecule has 0 amide bonds. The summed E-state index contributed by atoms with van der Waals surface area (Å²) < 4.78 is 0. The van der Waals surface area contributed by atoms with E-state index in [2.05, 4.69) is 13.2 Å². The zero-order chi connectivity index (χ0) is 6.28. The monoisotopic (exact) mass is 99.1 g/mol. The van der Waals surface area contributed by atoms with Gasteiger partial charge < -0.3 is 5.73 Å². The molecule has 0 aliphatic rings. The lowest BCUT2D eigenvalue weighted by molar-refractivity contribution is 1.34. The Hall–Kier alpha value is -0.720. The van der Waals surface area contributed by atoms with Crippen molar-refractivity contribution in [1.82, 2.24) is 0 Å². The summed E-state index contributed by atoms with van der Waals surface area (Å²) in [5.41, 5.74) is 5.58. The van der Waals surface area contributed by atoms with Crippen molar-refractivity contribution >= 4 is 0 Å². The van der Waals surface area contributed by atoms with Gasteiger partial charge >= 0.3 is 0 Å². The zero-order valence-electron chi connectivity index (χ0n) is 5.07. The first-order valence-corrected chi connectivity index (χ1v) is 2.13. The minimum absolute atomic E-state index is 0.667. The Morgan fingerprint density at radius 1 is 1.71 bits per heavy atom. The van der Waals surface area contributed by atoms with Crippen LogP contribution in [-0.2, 0) is 0 Å². The summed E-state index contributed by atoms with van der Waals surface area (Å²) in [6.07, 6.45) is 1.75. The summed E-state index contributed by atoms with van der Waals surface area (Å²) in [5, 5.41) is 0. The smallest absolute Gasteiger partial charge is 0.00242 e. The van der Waals surface area contributed by atoms with Crippen molar-refractivity contribution in [3.63, 3.8) is 0 Å². The molecule has 0 aromatic heterocycles. The van der Waals surface area contributed by atoms with Crippen LogP contribution in [0.2, 0.25) is 0 Å². The van der Waals surface area contributed by atoms with E-state index < -0.39 is 0 Å². The molecule has 0 saturated carbocycles. The lowest BCUT2D eigenvalue weighted by Gasteiger charge is -1.69. The van der Waals surface area contributed by atoms with Gasteiger partial charge in [0.05, 0.1) is 0 Å². The highest BCUT2D eigenvalue weighted by Crippen LogP contribution is 1.58. The van der Waals surface area contributed by atoms with Crippen molar-refractivity contribution < 1.29 is 0 Å². The van der Waals surface area contributed by atoms with Crippen LogP contribution in [0.1, 0.15) is 13.8 Å². The van der Waals surface area contributed by atoms with Gasteiger partial charge in [-0.15, -0.1) is 6.58 Å². The molecule has 0 rings (SSSR count). The van der Waals surface area contributed by atoms with Crippen LogP contribution < -0.4 is 5.73 Å².